The molecule has 0 aliphatic rings. The highest BCUT2D eigenvalue weighted by atomic mass is 19.1. The predicted octanol–water partition coefficient (Wildman–Crippen LogP) is 3.96. The van der Waals surface area contributed by atoms with Gasteiger partial charge in [0, 0.05) is 6.04 Å². The van der Waals surface area contributed by atoms with Gasteiger partial charge in [-0.1, -0.05) is 31.1 Å². The van der Waals surface area contributed by atoms with Crippen molar-refractivity contribution < 1.29 is 4.39 Å². The van der Waals surface area contributed by atoms with Crippen molar-refractivity contribution in [2.75, 3.05) is 0 Å². The Kier molecular flexibility index (Phi) is 5.79. The quantitative estimate of drug-likeness (QED) is 0.547. The SMILES string of the molecule is C=CCCCCCC(N)c1cccc(F)c1. The van der Waals surface area contributed by atoms with Crippen LogP contribution in [0.25, 0.3) is 0 Å². The fourth-order valence-electron chi connectivity index (χ4n) is 1.73. The molecule has 0 amide bonds. The summed E-state index contributed by atoms with van der Waals surface area (Å²) < 4.78 is 12.9. The highest BCUT2D eigenvalue weighted by Gasteiger charge is 2.05. The van der Waals surface area contributed by atoms with Gasteiger partial charge < -0.3 is 5.73 Å². The van der Waals surface area contributed by atoms with Crippen LogP contribution in [0.5, 0.6) is 0 Å². The van der Waals surface area contributed by atoms with E-state index in [0.717, 1.165) is 31.2 Å². The zero-order chi connectivity index (χ0) is 11.8. The summed E-state index contributed by atoms with van der Waals surface area (Å²) >= 11 is 0. The molecule has 0 saturated heterocycles. The molecule has 1 atom stereocenters. The van der Waals surface area contributed by atoms with Crippen LogP contribution in [0.15, 0.2) is 36.9 Å². The number of allylic oxidation sites excluding steroid dienone is 1. The smallest absolute Gasteiger partial charge is 0.123 e. The maximum Gasteiger partial charge on any atom is 0.123 e. The molecular weight excluding hydrogens is 201 g/mol. The molecule has 0 bridgehead atoms. The van der Waals surface area contributed by atoms with Gasteiger partial charge in [-0.2, -0.15) is 0 Å². The summed E-state index contributed by atoms with van der Waals surface area (Å²) in [6, 6.07) is 6.52. The Hall–Kier alpha value is -1.15. The average Bonchev–Trinajstić information content (AvgIpc) is 2.28. The normalized spacial score (nSPS) is 12.4. The summed E-state index contributed by atoms with van der Waals surface area (Å²) in [7, 11) is 0. The molecule has 0 aromatic heterocycles. The number of rotatable bonds is 7. The van der Waals surface area contributed by atoms with E-state index in [2.05, 4.69) is 6.58 Å². The first-order valence-electron chi connectivity index (χ1n) is 5.86. The lowest BCUT2D eigenvalue weighted by Gasteiger charge is -2.11. The molecule has 1 aromatic rings. The topological polar surface area (TPSA) is 26.0 Å². The summed E-state index contributed by atoms with van der Waals surface area (Å²) in [4.78, 5) is 0. The maximum absolute atomic E-state index is 12.9. The summed E-state index contributed by atoms with van der Waals surface area (Å²) in [6.07, 6.45) is 7.34. The van der Waals surface area contributed by atoms with Gasteiger partial charge in [0.05, 0.1) is 0 Å². The lowest BCUT2D eigenvalue weighted by molar-refractivity contribution is 0.565. The van der Waals surface area contributed by atoms with Gasteiger partial charge in [0.25, 0.3) is 0 Å². The number of halogens is 1. The van der Waals surface area contributed by atoms with Crippen LogP contribution in [0, 0.1) is 5.82 Å². The highest BCUT2D eigenvalue weighted by molar-refractivity contribution is 5.19. The molecule has 0 aliphatic carbocycles. The molecule has 0 heterocycles. The first-order chi connectivity index (χ1) is 7.74. The lowest BCUT2D eigenvalue weighted by atomic mass is 10.0. The van der Waals surface area contributed by atoms with Crippen LogP contribution >= 0.6 is 0 Å². The van der Waals surface area contributed by atoms with E-state index >= 15 is 0 Å². The molecule has 1 unspecified atom stereocenters. The van der Waals surface area contributed by atoms with Gasteiger partial charge in [-0.25, -0.2) is 4.39 Å². The molecular formula is C14H20FN. The van der Waals surface area contributed by atoms with E-state index in [1.165, 1.54) is 18.6 Å². The Bertz CT molecular complexity index is 322. The van der Waals surface area contributed by atoms with Crippen molar-refractivity contribution in [1.82, 2.24) is 0 Å². The number of hydrogen-bond donors (Lipinski definition) is 1. The Morgan fingerprint density at radius 1 is 1.31 bits per heavy atom. The third-order valence-corrected chi connectivity index (χ3v) is 2.70. The van der Waals surface area contributed by atoms with E-state index in [0.29, 0.717) is 0 Å². The van der Waals surface area contributed by atoms with Crippen LogP contribution in [-0.4, -0.2) is 0 Å². The van der Waals surface area contributed by atoms with E-state index in [-0.39, 0.29) is 11.9 Å². The number of nitrogens with two attached hydrogens (primary N) is 1. The molecule has 0 aliphatic heterocycles. The van der Waals surface area contributed by atoms with E-state index in [4.69, 9.17) is 5.73 Å². The molecule has 2 heteroatoms. The average molecular weight is 221 g/mol. The molecule has 1 nitrogen and oxygen atoms in total. The molecule has 1 aromatic carbocycles. The van der Waals surface area contributed by atoms with Crippen molar-refractivity contribution in [3.8, 4) is 0 Å². The van der Waals surface area contributed by atoms with Gasteiger partial charge in [0.2, 0.25) is 0 Å². The standard InChI is InChI=1S/C14H20FN/c1-2-3-4-5-6-10-14(16)12-8-7-9-13(15)11-12/h2,7-9,11,14H,1,3-6,10,16H2. The van der Waals surface area contributed by atoms with Crippen LogP contribution in [0.3, 0.4) is 0 Å². The van der Waals surface area contributed by atoms with Crippen LogP contribution < -0.4 is 5.73 Å². The second kappa shape index (κ2) is 7.18. The van der Waals surface area contributed by atoms with Crippen molar-refractivity contribution in [3.05, 3.63) is 48.3 Å². The van der Waals surface area contributed by atoms with Crippen molar-refractivity contribution in [1.29, 1.82) is 0 Å². The number of hydrogen-bond acceptors (Lipinski definition) is 1. The number of benzene rings is 1. The van der Waals surface area contributed by atoms with E-state index in [1.54, 1.807) is 6.07 Å². The second-order valence-electron chi connectivity index (χ2n) is 4.09. The first-order valence-corrected chi connectivity index (χ1v) is 5.86. The lowest BCUT2D eigenvalue weighted by Crippen LogP contribution is -2.10. The zero-order valence-electron chi connectivity index (χ0n) is 9.66. The van der Waals surface area contributed by atoms with Crippen molar-refractivity contribution >= 4 is 0 Å². The van der Waals surface area contributed by atoms with Gasteiger partial charge in [0.1, 0.15) is 5.82 Å². The van der Waals surface area contributed by atoms with Crippen LogP contribution in [-0.2, 0) is 0 Å². The Balaban J connectivity index is 2.29. The maximum atomic E-state index is 12.9. The Labute approximate surface area is 97.2 Å². The molecule has 2 N–H and O–H groups in total. The molecule has 1 rings (SSSR count). The molecule has 0 radical (unpaired) electrons. The fourth-order valence-corrected chi connectivity index (χ4v) is 1.73. The van der Waals surface area contributed by atoms with Gasteiger partial charge in [0.15, 0.2) is 0 Å². The minimum absolute atomic E-state index is 0.0422. The molecule has 0 spiro atoms. The van der Waals surface area contributed by atoms with Crippen molar-refractivity contribution in [2.45, 2.75) is 38.1 Å². The minimum Gasteiger partial charge on any atom is -0.324 e. The Morgan fingerprint density at radius 3 is 2.81 bits per heavy atom. The highest BCUT2D eigenvalue weighted by Crippen LogP contribution is 2.18. The van der Waals surface area contributed by atoms with Gasteiger partial charge in [-0.3, -0.25) is 0 Å². The van der Waals surface area contributed by atoms with Crippen molar-refractivity contribution in [2.24, 2.45) is 5.73 Å². The summed E-state index contributed by atoms with van der Waals surface area (Å²) in [6.45, 7) is 3.68. The number of unbranched alkanes of at least 4 members (excludes halogenated alkanes) is 3. The minimum atomic E-state index is -0.209. The first kappa shape index (κ1) is 12.9. The molecule has 0 fully saturated rings. The Morgan fingerprint density at radius 2 is 2.12 bits per heavy atom. The third kappa shape index (κ3) is 4.58. The summed E-state index contributed by atoms with van der Waals surface area (Å²) in [5.41, 5.74) is 6.88. The molecule has 88 valence electrons. The summed E-state index contributed by atoms with van der Waals surface area (Å²) in [5.74, 6) is -0.209. The zero-order valence-corrected chi connectivity index (χ0v) is 9.66. The summed E-state index contributed by atoms with van der Waals surface area (Å²) in [5, 5.41) is 0. The molecule has 0 saturated carbocycles. The monoisotopic (exact) mass is 221 g/mol. The van der Waals surface area contributed by atoms with Crippen LogP contribution in [0.1, 0.15) is 43.7 Å². The third-order valence-electron chi connectivity index (χ3n) is 2.70. The second-order valence-corrected chi connectivity index (χ2v) is 4.09. The van der Waals surface area contributed by atoms with Gasteiger partial charge in [-0.05, 0) is 37.0 Å². The van der Waals surface area contributed by atoms with E-state index in [9.17, 15) is 4.39 Å². The van der Waals surface area contributed by atoms with E-state index < -0.39 is 0 Å². The predicted molar refractivity (Wildman–Crippen MR) is 66.6 cm³/mol. The van der Waals surface area contributed by atoms with Gasteiger partial charge in [-0.15, -0.1) is 6.58 Å². The van der Waals surface area contributed by atoms with Crippen molar-refractivity contribution in [3.63, 3.8) is 0 Å². The van der Waals surface area contributed by atoms with Gasteiger partial charge >= 0.3 is 0 Å². The molecule has 16 heavy (non-hydrogen) atoms. The largest absolute Gasteiger partial charge is 0.324 e. The van der Waals surface area contributed by atoms with Crippen LogP contribution in [0.2, 0.25) is 0 Å². The fraction of sp³-hybridized carbons (Fsp3) is 0.429. The van der Waals surface area contributed by atoms with Crippen LogP contribution in [0.4, 0.5) is 4.39 Å². The van der Waals surface area contributed by atoms with E-state index in [1.807, 2.05) is 12.1 Å².